The Labute approximate surface area is 133 Å². The topological polar surface area (TPSA) is 42.3 Å². The van der Waals surface area contributed by atoms with Crippen LogP contribution < -0.4 is 0 Å². The Morgan fingerprint density at radius 1 is 1.30 bits per heavy atom. The molecular formula is C14H16Cl3NO2. The van der Waals surface area contributed by atoms with Gasteiger partial charge in [-0.3, -0.25) is 5.41 Å². The fourth-order valence-electron chi connectivity index (χ4n) is 1.41. The summed E-state index contributed by atoms with van der Waals surface area (Å²) in [7, 11) is 0. The van der Waals surface area contributed by atoms with Crippen LogP contribution in [-0.2, 0) is 16.1 Å². The average molecular weight is 337 g/mol. The van der Waals surface area contributed by atoms with E-state index in [4.69, 9.17) is 49.7 Å². The zero-order valence-corrected chi connectivity index (χ0v) is 13.1. The van der Waals surface area contributed by atoms with E-state index in [0.29, 0.717) is 19.6 Å². The number of rotatable bonds is 7. The molecule has 1 aromatic rings. The van der Waals surface area contributed by atoms with Crippen LogP contribution in [0.3, 0.4) is 0 Å². The molecule has 1 N–H and O–H groups in total. The molecular weight excluding hydrogens is 321 g/mol. The summed E-state index contributed by atoms with van der Waals surface area (Å²) in [6, 6.07) is 9.83. The summed E-state index contributed by atoms with van der Waals surface area (Å²) in [5, 5.41) is 7.48. The maximum atomic E-state index is 7.48. The summed E-state index contributed by atoms with van der Waals surface area (Å²) in [6.07, 6.45) is 1.66. The van der Waals surface area contributed by atoms with Gasteiger partial charge in [0.15, 0.2) is 0 Å². The van der Waals surface area contributed by atoms with Gasteiger partial charge in [0.05, 0.1) is 13.2 Å². The molecule has 0 saturated carbocycles. The van der Waals surface area contributed by atoms with Gasteiger partial charge in [-0.05, 0) is 5.56 Å². The summed E-state index contributed by atoms with van der Waals surface area (Å²) in [5.41, 5.74) is 1.10. The number of ether oxygens (including phenoxy) is 2. The summed E-state index contributed by atoms with van der Waals surface area (Å²) < 4.78 is 8.87. The second-order valence-electron chi connectivity index (χ2n) is 4.05. The summed E-state index contributed by atoms with van der Waals surface area (Å²) in [6.45, 7) is 4.60. The molecule has 0 aliphatic heterocycles. The Morgan fingerprint density at radius 2 is 1.95 bits per heavy atom. The van der Waals surface area contributed by atoms with Gasteiger partial charge in [-0.15, -0.1) is 0 Å². The van der Waals surface area contributed by atoms with Crippen LogP contribution in [0.15, 0.2) is 43.0 Å². The van der Waals surface area contributed by atoms with Crippen molar-refractivity contribution in [1.82, 2.24) is 0 Å². The Kier molecular flexibility index (Phi) is 7.38. The molecule has 0 radical (unpaired) electrons. The molecule has 1 unspecified atom stereocenters. The van der Waals surface area contributed by atoms with Crippen LogP contribution in [0, 0.1) is 5.41 Å². The van der Waals surface area contributed by atoms with E-state index in [1.807, 2.05) is 30.3 Å². The minimum atomic E-state index is -1.86. The molecule has 0 aliphatic rings. The minimum Gasteiger partial charge on any atom is -0.470 e. The van der Waals surface area contributed by atoms with Crippen molar-refractivity contribution in [2.75, 3.05) is 6.61 Å². The molecule has 0 spiro atoms. The van der Waals surface area contributed by atoms with Crippen molar-refractivity contribution in [2.45, 2.75) is 22.9 Å². The maximum Gasteiger partial charge on any atom is 0.265 e. The first-order valence-electron chi connectivity index (χ1n) is 6.00. The van der Waals surface area contributed by atoms with Gasteiger partial charge in [0.1, 0.15) is 6.10 Å². The highest BCUT2D eigenvalue weighted by atomic mass is 35.6. The van der Waals surface area contributed by atoms with Crippen molar-refractivity contribution >= 4 is 40.7 Å². The normalized spacial score (nSPS) is 12.8. The Morgan fingerprint density at radius 3 is 2.50 bits per heavy atom. The first-order chi connectivity index (χ1) is 9.43. The molecule has 0 heterocycles. The second-order valence-corrected chi connectivity index (χ2v) is 6.33. The largest absolute Gasteiger partial charge is 0.470 e. The van der Waals surface area contributed by atoms with Crippen LogP contribution in [0.2, 0.25) is 0 Å². The molecule has 110 valence electrons. The van der Waals surface area contributed by atoms with Crippen molar-refractivity contribution in [3.8, 4) is 0 Å². The first-order valence-corrected chi connectivity index (χ1v) is 7.13. The van der Waals surface area contributed by atoms with E-state index in [9.17, 15) is 0 Å². The predicted octanol–water partition coefficient (Wildman–Crippen LogP) is 4.51. The molecule has 0 fully saturated rings. The van der Waals surface area contributed by atoms with E-state index in [1.165, 1.54) is 0 Å². The zero-order valence-electron chi connectivity index (χ0n) is 10.8. The summed E-state index contributed by atoms with van der Waals surface area (Å²) in [4.78, 5) is 0. The number of hydrogen-bond acceptors (Lipinski definition) is 3. The molecule has 1 rings (SSSR count). The van der Waals surface area contributed by atoms with Crippen molar-refractivity contribution in [3.05, 3.63) is 48.6 Å². The van der Waals surface area contributed by atoms with Crippen LogP contribution >= 0.6 is 34.8 Å². The SMILES string of the molecule is C=CC(CCOCc1ccccc1)OC(=N)C(Cl)(Cl)Cl. The number of nitrogens with one attached hydrogen (secondary N) is 1. The smallest absolute Gasteiger partial charge is 0.265 e. The minimum absolute atomic E-state index is 0.421. The van der Waals surface area contributed by atoms with E-state index in [1.54, 1.807) is 6.08 Å². The highest BCUT2D eigenvalue weighted by Gasteiger charge is 2.30. The third-order valence-electron chi connectivity index (χ3n) is 2.45. The highest BCUT2D eigenvalue weighted by molar-refractivity contribution is 6.76. The lowest BCUT2D eigenvalue weighted by Gasteiger charge is -2.19. The molecule has 0 aromatic heterocycles. The molecule has 6 heteroatoms. The Bertz CT molecular complexity index is 432. The number of hydrogen-bond donors (Lipinski definition) is 1. The number of alkyl halides is 3. The third-order valence-corrected chi connectivity index (χ3v) is 2.96. The van der Waals surface area contributed by atoms with Crippen molar-refractivity contribution in [1.29, 1.82) is 5.41 Å². The lowest BCUT2D eigenvalue weighted by Crippen LogP contribution is -2.26. The quantitative estimate of drug-likeness (QED) is 0.262. The van der Waals surface area contributed by atoms with Gasteiger partial charge in [-0.2, -0.15) is 0 Å². The Balaban J connectivity index is 2.28. The van der Waals surface area contributed by atoms with Gasteiger partial charge in [0.25, 0.3) is 3.79 Å². The van der Waals surface area contributed by atoms with Gasteiger partial charge in [0, 0.05) is 6.42 Å². The van der Waals surface area contributed by atoms with E-state index >= 15 is 0 Å². The monoisotopic (exact) mass is 335 g/mol. The number of halogens is 3. The average Bonchev–Trinajstić information content (AvgIpc) is 2.42. The predicted molar refractivity (Wildman–Crippen MR) is 83.8 cm³/mol. The van der Waals surface area contributed by atoms with E-state index < -0.39 is 15.8 Å². The van der Waals surface area contributed by atoms with Crippen LogP contribution in [0.25, 0.3) is 0 Å². The van der Waals surface area contributed by atoms with Gasteiger partial charge >= 0.3 is 0 Å². The maximum absolute atomic E-state index is 7.48. The van der Waals surface area contributed by atoms with Crippen molar-refractivity contribution in [3.63, 3.8) is 0 Å². The fraction of sp³-hybridized carbons (Fsp3) is 0.357. The van der Waals surface area contributed by atoms with Crippen LogP contribution in [0.4, 0.5) is 0 Å². The van der Waals surface area contributed by atoms with Gasteiger partial charge in [-0.1, -0.05) is 77.8 Å². The first kappa shape index (κ1) is 17.3. The lowest BCUT2D eigenvalue weighted by molar-refractivity contribution is 0.0908. The molecule has 0 aliphatic carbocycles. The van der Waals surface area contributed by atoms with Gasteiger partial charge < -0.3 is 9.47 Å². The summed E-state index contributed by atoms with van der Waals surface area (Å²) >= 11 is 16.6. The van der Waals surface area contributed by atoms with Crippen LogP contribution in [-0.4, -0.2) is 22.4 Å². The van der Waals surface area contributed by atoms with E-state index in [2.05, 4.69) is 6.58 Å². The van der Waals surface area contributed by atoms with Crippen LogP contribution in [0.5, 0.6) is 0 Å². The lowest BCUT2D eigenvalue weighted by atomic mass is 10.2. The van der Waals surface area contributed by atoms with E-state index in [-0.39, 0.29) is 0 Å². The molecule has 0 amide bonds. The zero-order chi connectivity index (χ0) is 15.0. The highest BCUT2D eigenvalue weighted by Crippen LogP contribution is 2.28. The third kappa shape index (κ3) is 6.62. The van der Waals surface area contributed by atoms with Gasteiger partial charge in [0.2, 0.25) is 5.90 Å². The molecule has 1 aromatic carbocycles. The molecule has 0 saturated heterocycles. The van der Waals surface area contributed by atoms with Gasteiger partial charge in [-0.25, -0.2) is 0 Å². The molecule has 0 bridgehead atoms. The van der Waals surface area contributed by atoms with Crippen molar-refractivity contribution < 1.29 is 9.47 Å². The Hall–Kier alpha value is -0.740. The van der Waals surface area contributed by atoms with E-state index in [0.717, 1.165) is 5.56 Å². The second kappa shape index (κ2) is 8.53. The van der Waals surface area contributed by atoms with Crippen molar-refractivity contribution in [2.24, 2.45) is 0 Å². The standard InChI is InChI=1S/C14H16Cl3NO2/c1-2-12(20-13(18)14(15,16)17)8-9-19-10-11-6-4-3-5-7-11/h2-7,12,18H,1,8-10H2. The molecule has 1 atom stereocenters. The molecule has 3 nitrogen and oxygen atoms in total. The summed E-state index contributed by atoms with van der Waals surface area (Å²) in [5.74, 6) is -0.421. The fourth-order valence-corrected chi connectivity index (χ4v) is 1.54. The number of benzene rings is 1. The van der Waals surface area contributed by atoms with Crippen LogP contribution in [0.1, 0.15) is 12.0 Å². The molecule has 20 heavy (non-hydrogen) atoms.